The summed E-state index contributed by atoms with van der Waals surface area (Å²) in [7, 11) is 1.66. The van der Waals surface area contributed by atoms with Crippen molar-refractivity contribution in [3.05, 3.63) is 42.0 Å². The highest BCUT2D eigenvalue weighted by molar-refractivity contribution is 6.00. The molecule has 1 aliphatic heterocycles. The maximum Gasteiger partial charge on any atom is 0.216 e. The molecule has 0 radical (unpaired) electrons. The second-order valence-electron chi connectivity index (χ2n) is 6.44. The number of hydrogen-bond donors (Lipinski definition) is 1. The van der Waals surface area contributed by atoms with Crippen LogP contribution in [-0.4, -0.2) is 44.7 Å². The molecule has 0 saturated carbocycles. The molecule has 1 fully saturated rings. The zero-order valence-electron chi connectivity index (χ0n) is 14.0. The lowest BCUT2D eigenvalue weighted by Crippen LogP contribution is -3.16. The van der Waals surface area contributed by atoms with Gasteiger partial charge in [0, 0.05) is 5.56 Å². The molecule has 3 atom stereocenters. The molecule has 23 heavy (non-hydrogen) atoms. The van der Waals surface area contributed by atoms with E-state index in [4.69, 9.17) is 9.47 Å². The van der Waals surface area contributed by atoms with Gasteiger partial charge in [0.1, 0.15) is 37.6 Å². The Hall–Kier alpha value is -1.91. The molecule has 2 aromatic carbocycles. The van der Waals surface area contributed by atoms with E-state index in [2.05, 4.69) is 13.8 Å². The zero-order chi connectivity index (χ0) is 16.4. The minimum atomic E-state index is 0.194. The first-order valence-corrected chi connectivity index (χ1v) is 8.15. The summed E-state index contributed by atoms with van der Waals surface area (Å²) in [5.41, 5.74) is 0.780. The van der Waals surface area contributed by atoms with E-state index in [1.807, 2.05) is 36.4 Å². The highest BCUT2D eigenvalue weighted by atomic mass is 16.5. The van der Waals surface area contributed by atoms with Crippen LogP contribution in [0.3, 0.4) is 0 Å². The number of carbonyl (C=O) groups excluding carboxylic acids is 1. The highest BCUT2D eigenvalue weighted by Crippen LogP contribution is 2.21. The highest BCUT2D eigenvalue weighted by Gasteiger charge is 2.27. The van der Waals surface area contributed by atoms with Crippen molar-refractivity contribution in [2.45, 2.75) is 26.1 Å². The quantitative estimate of drug-likeness (QED) is 0.874. The number of ketones is 1. The maximum absolute atomic E-state index is 12.6. The zero-order valence-corrected chi connectivity index (χ0v) is 14.0. The lowest BCUT2D eigenvalue weighted by Gasteiger charge is -2.31. The Morgan fingerprint density at radius 2 is 1.78 bits per heavy atom. The molecule has 3 rings (SSSR count). The van der Waals surface area contributed by atoms with E-state index in [1.54, 1.807) is 7.11 Å². The first-order valence-electron chi connectivity index (χ1n) is 8.15. The van der Waals surface area contributed by atoms with Crippen molar-refractivity contribution < 1.29 is 19.2 Å². The van der Waals surface area contributed by atoms with Gasteiger partial charge in [-0.2, -0.15) is 0 Å². The molecule has 1 aliphatic rings. The molecule has 1 N–H and O–H groups in total. The van der Waals surface area contributed by atoms with Gasteiger partial charge in [0.25, 0.3) is 0 Å². The lowest BCUT2D eigenvalue weighted by molar-refractivity contribution is -0.906. The van der Waals surface area contributed by atoms with Crippen LogP contribution in [0.25, 0.3) is 10.8 Å². The summed E-state index contributed by atoms with van der Waals surface area (Å²) in [4.78, 5) is 13.9. The molecule has 4 nitrogen and oxygen atoms in total. The Labute approximate surface area is 137 Å². The second kappa shape index (κ2) is 6.69. The first-order chi connectivity index (χ1) is 11.0. The van der Waals surface area contributed by atoms with Crippen molar-refractivity contribution in [2.75, 3.05) is 26.7 Å². The standard InChI is InChI=1S/C19H23NO3/c1-13-10-20(11-14(2)23-13)12-19(21)17-5-4-16-9-18(22-3)7-6-15(16)8-17/h4-9,13-14H,10-12H2,1-3H3/p+1/t13-,14+. The molecule has 0 spiro atoms. The summed E-state index contributed by atoms with van der Waals surface area (Å²) < 4.78 is 11.0. The lowest BCUT2D eigenvalue weighted by atomic mass is 10.0. The smallest absolute Gasteiger partial charge is 0.216 e. The molecule has 4 heteroatoms. The van der Waals surface area contributed by atoms with Crippen LogP contribution in [-0.2, 0) is 4.74 Å². The second-order valence-corrected chi connectivity index (χ2v) is 6.44. The molecule has 1 unspecified atom stereocenters. The number of quaternary nitrogens is 1. The van der Waals surface area contributed by atoms with Crippen LogP contribution in [0.2, 0.25) is 0 Å². The predicted molar refractivity (Wildman–Crippen MR) is 90.4 cm³/mol. The SMILES string of the molecule is COc1ccc2cc(C(=O)C[NH+]3C[C@@H](C)O[C@@H](C)C3)ccc2c1. The predicted octanol–water partition coefficient (Wildman–Crippen LogP) is 1.72. The summed E-state index contributed by atoms with van der Waals surface area (Å²) in [6.07, 6.45) is 0.427. The summed E-state index contributed by atoms with van der Waals surface area (Å²) in [5, 5.41) is 2.15. The van der Waals surface area contributed by atoms with E-state index in [1.165, 1.54) is 4.90 Å². The van der Waals surface area contributed by atoms with Crippen molar-refractivity contribution in [3.63, 3.8) is 0 Å². The van der Waals surface area contributed by atoms with Crippen LogP contribution >= 0.6 is 0 Å². The van der Waals surface area contributed by atoms with Gasteiger partial charge in [0.05, 0.1) is 7.11 Å². The van der Waals surface area contributed by atoms with Crippen LogP contribution in [0, 0.1) is 0 Å². The Kier molecular flexibility index (Phi) is 4.64. The average molecular weight is 314 g/mol. The maximum atomic E-state index is 12.6. The van der Waals surface area contributed by atoms with Gasteiger partial charge < -0.3 is 14.4 Å². The molecular formula is C19H24NO3+. The fourth-order valence-corrected chi connectivity index (χ4v) is 3.39. The number of carbonyl (C=O) groups is 1. The van der Waals surface area contributed by atoms with Crippen molar-refractivity contribution >= 4 is 16.6 Å². The number of morpholine rings is 1. The van der Waals surface area contributed by atoms with Crippen molar-refractivity contribution in [2.24, 2.45) is 0 Å². The molecular weight excluding hydrogens is 290 g/mol. The van der Waals surface area contributed by atoms with Gasteiger partial charge in [0.2, 0.25) is 5.78 Å². The third-order valence-corrected chi connectivity index (χ3v) is 4.40. The average Bonchev–Trinajstić information content (AvgIpc) is 2.52. The number of nitrogens with one attached hydrogen (secondary N) is 1. The van der Waals surface area contributed by atoms with E-state index in [0.717, 1.165) is 35.2 Å². The van der Waals surface area contributed by atoms with Gasteiger partial charge in [-0.05, 0) is 42.8 Å². The third kappa shape index (κ3) is 3.71. The third-order valence-electron chi connectivity index (χ3n) is 4.40. The summed E-state index contributed by atoms with van der Waals surface area (Å²) in [6, 6.07) is 11.8. The van der Waals surface area contributed by atoms with Gasteiger partial charge in [-0.3, -0.25) is 4.79 Å². The number of rotatable bonds is 4. The normalized spacial score (nSPS) is 24.6. The largest absolute Gasteiger partial charge is 0.497 e. The van der Waals surface area contributed by atoms with Gasteiger partial charge >= 0.3 is 0 Å². The van der Waals surface area contributed by atoms with Gasteiger partial charge in [-0.1, -0.05) is 18.2 Å². The van der Waals surface area contributed by atoms with Gasteiger partial charge in [-0.15, -0.1) is 0 Å². The van der Waals surface area contributed by atoms with Crippen molar-refractivity contribution in [1.82, 2.24) is 0 Å². The molecule has 0 amide bonds. The van der Waals surface area contributed by atoms with E-state index in [0.29, 0.717) is 6.54 Å². The molecule has 1 heterocycles. The fourth-order valence-electron chi connectivity index (χ4n) is 3.39. The molecule has 122 valence electrons. The monoisotopic (exact) mass is 314 g/mol. The molecule has 0 aliphatic carbocycles. The van der Waals surface area contributed by atoms with Crippen LogP contribution in [0.15, 0.2) is 36.4 Å². The minimum Gasteiger partial charge on any atom is -0.497 e. The number of benzene rings is 2. The van der Waals surface area contributed by atoms with Crippen LogP contribution in [0.4, 0.5) is 0 Å². The molecule has 2 aromatic rings. The number of hydrogen-bond acceptors (Lipinski definition) is 3. The van der Waals surface area contributed by atoms with E-state index in [9.17, 15) is 4.79 Å². The first kappa shape index (κ1) is 16.0. The van der Waals surface area contributed by atoms with Crippen LogP contribution < -0.4 is 9.64 Å². The van der Waals surface area contributed by atoms with Crippen LogP contribution in [0.1, 0.15) is 24.2 Å². The number of Topliss-reactive ketones (excluding diaryl/α,β-unsaturated/α-hetero) is 1. The Bertz CT molecular complexity index is 703. The number of ether oxygens (including phenoxy) is 2. The minimum absolute atomic E-state index is 0.194. The number of methoxy groups -OCH3 is 1. The van der Waals surface area contributed by atoms with E-state index < -0.39 is 0 Å². The van der Waals surface area contributed by atoms with Crippen molar-refractivity contribution in [3.8, 4) is 5.75 Å². The van der Waals surface area contributed by atoms with Gasteiger partial charge in [-0.25, -0.2) is 0 Å². The van der Waals surface area contributed by atoms with Crippen molar-refractivity contribution in [1.29, 1.82) is 0 Å². The number of fused-ring (bicyclic) bond motifs is 1. The summed E-state index contributed by atoms with van der Waals surface area (Å²) >= 11 is 0. The Morgan fingerprint density at radius 1 is 1.13 bits per heavy atom. The topological polar surface area (TPSA) is 40.0 Å². The van der Waals surface area contributed by atoms with Gasteiger partial charge in [0.15, 0.2) is 0 Å². The summed E-state index contributed by atoms with van der Waals surface area (Å²) in [5.74, 6) is 1.02. The van der Waals surface area contributed by atoms with Crippen LogP contribution in [0.5, 0.6) is 5.75 Å². The molecule has 1 saturated heterocycles. The van der Waals surface area contributed by atoms with E-state index in [-0.39, 0.29) is 18.0 Å². The molecule has 0 bridgehead atoms. The Balaban J connectivity index is 1.75. The van der Waals surface area contributed by atoms with E-state index >= 15 is 0 Å². The molecule has 0 aromatic heterocycles. The Morgan fingerprint density at radius 3 is 2.48 bits per heavy atom. The fraction of sp³-hybridized carbons (Fsp3) is 0.421. The summed E-state index contributed by atoms with van der Waals surface area (Å²) in [6.45, 7) is 6.45.